The number of hydrogen-bond donors (Lipinski definition) is 2. The molecule has 2 N–H and O–H groups in total. The quantitative estimate of drug-likeness (QED) is 0.805. The van der Waals surface area contributed by atoms with Gasteiger partial charge in [0.1, 0.15) is 5.75 Å². The average Bonchev–Trinajstić information content (AvgIpc) is 2.43. The third-order valence-corrected chi connectivity index (χ3v) is 4.40. The Balaban J connectivity index is 2.07. The van der Waals surface area contributed by atoms with Crippen LogP contribution in [0.1, 0.15) is 63.1 Å². The van der Waals surface area contributed by atoms with E-state index in [0.717, 1.165) is 18.9 Å². The van der Waals surface area contributed by atoms with Gasteiger partial charge in [-0.3, -0.25) is 0 Å². The molecule has 19 heavy (non-hydrogen) atoms. The van der Waals surface area contributed by atoms with Crippen molar-refractivity contribution < 1.29 is 5.11 Å². The molecule has 2 heteroatoms. The van der Waals surface area contributed by atoms with E-state index in [-0.39, 0.29) is 0 Å². The Morgan fingerprint density at radius 2 is 2.21 bits per heavy atom. The maximum absolute atomic E-state index is 9.71. The van der Waals surface area contributed by atoms with Crippen molar-refractivity contribution >= 4 is 0 Å². The van der Waals surface area contributed by atoms with Crippen LogP contribution in [0.4, 0.5) is 0 Å². The van der Waals surface area contributed by atoms with Crippen molar-refractivity contribution in [2.45, 2.75) is 58.4 Å². The molecule has 1 aromatic carbocycles. The fourth-order valence-corrected chi connectivity index (χ4v) is 3.15. The highest BCUT2D eigenvalue weighted by Gasteiger charge is 2.22. The normalized spacial score (nSPS) is 20.0. The van der Waals surface area contributed by atoms with Gasteiger partial charge in [-0.1, -0.05) is 45.6 Å². The zero-order chi connectivity index (χ0) is 13.7. The molecule has 0 aromatic heterocycles. The number of fused-ring (bicyclic) bond motifs is 1. The van der Waals surface area contributed by atoms with Crippen molar-refractivity contribution in [3.8, 4) is 5.75 Å². The molecule has 2 nitrogen and oxygen atoms in total. The number of hydrogen-bond acceptors (Lipinski definition) is 2. The highest BCUT2D eigenvalue weighted by atomic mass is 16.3. The lowest BCUT2D eigenvalue weighted by atomic mass is 9.85. The summed E-state index contributed by atoms with van der Waals surface area (Å²) in [4.78, 5) is 0. The van der Waals surface area contributed by atoms with E-state index in [2.05, 4.69) is 25.2 Å². The van der Waals surface area contributed by atoms with Crippen molar-refractivity contribution in [2.24, 2.45) is 5.92 Å². The van der Waals surface area contributed by atoms with Gasteiger partial charge >= 0.3 is 0 Å². The summed E-state index contributed by atoms with van der Waals surface area (Å²) in [6, 6.07) is 6.29. The van der Waals surface area contributed by atoms with Crippen LogP contribution in [0.5, 0.6) is 5.75 Å². The van der Waals surface area contributed by atoms with E-state index in [1.807, 2.05) is 12.1 Å². The van der Waals surface area contributed by atoms with Gasteiger partial charge in [-0.15, -0.1) is 0 Å². The van der Waals surface area contributed by atoms with Crippen LogP contribution in [0.3, 0.4) is 0 Å². The second-order valence-corrected chi connectivity index (χ2v) is 5.79. The van der Waals surface area contributed by atoms with Crippen molar-refractivity contribution in [2.75, 3.05) is 6.54 Å². The zero-order valence-electron chi connectivity index (χ0n) is 12.3. The zero-order valence-corrected chi connectivity index (χ0v) is 12.3. The number of phenolic OH excluding ortho intramolecular Hbond substituents is 1. The van der Waals surface area contributed by atoms with E-state index >= 15 is 0 Å². The lowest BCUT2D eigenvalue weighted by Crippen LogP contribution is -2.31. The predicted molar refractivity (Wildman–Crippen MR) is 80.5 cm³/mol. The van der Waals surface area contributed by atoms with Crippen LogP contribution in [0, 0.1) is 5.92 Å². The Bertz CT molecular complexity index is 402. The SMILES string of the molecule is CCCCC(CC)CC1NCCc2ccc(O)cc21. The topological polar surface area (TPSA) is 32.3 Å². The molecule has 0 spiro atoms. The molecule has 0 aliphatic carbocycles. The first-order valence-corrected chi connectivity index (χ1v) is 7.79. The van der Waals surface area contributed by atoms with Crippen molar-refractivity contribution in [3.63, 3.8) is 0 Å². The minimum atomic E-state index is 0.397. The summed E-state index contributed by atoms with van der Waals surface area (Å²) in [6.07, 6.45) is 7.49. The van der Waals surface area contributed by atoms with Crippen LogP contribution in [0.2, 0.25) is 0 Å². The molecule has 0 bridgehead atoms. The first kappa shape index (κ1) is 14.4. The van der Waals surface area contributed by atoms with Gasteiger partial charge < -0.3 is 10.4 Å². The third kappa shape index (κ3) is 3.73. The highest BCUT2D eigenvalue weighted by Crippen LogP contribution is 2.32. The Morgan fingerprint density at radius 3 is 2.95 bits per heavy atom. The summed E-state index contributed by atoms with van der Waals surface area (Å²) >= 11 is 0. The molecule has 0 saturated carbocycles. The Hall–Kier alpha value is -1.02. The van der Waals surface area contributed by atoms with Crippen LogP contribution < -0.4 is 5.32 Å². The second-order valence-electron chi connectivity index (χ2n) is 5.79. The van der Waals surface area contributed by atoms with Gasteiger partial charge in [0.2, 0.25) is 0 Å². The molecule has 1 aliphatic heterocycles. The molecule has 2 rings (SSSR count). The van der Waals surface area contributed by atoms with Gasteiger partial charge in [-0.2, -0.15) is 0 Å². The monoisotopic (exact) mass is 261 g/mol. The minimum Gasteiger partial charge on any atom is -0.508 e. The fraction of sp³-hybridized carbons (Fsp3) is 0.647. The van der Waals surface area contributed by atoms with E-state index in [1.54, 1.807) is 0 Å². The number of phenols is 1. The Kier molecular flexibility index (Phi) is 5.26. The largest absolute Gasteiger partial charge is 0.508 e. The molecular weight excluding hydrogens is 234 g/mol. The van der Waals surface area contributed by atoms with E-state index in [1.165, 1.54) is 43.2 Å². The van der Waals surface area contributed by atoms with Crippen LogP contribution >= 0.6 is 0 Å². The Labute approximate surface area is 117 Å². The molecule has 1 aliphatic rings. The summed E-state index contributed by atoms with van der Waals surface area (Å²) in [5.41, 5.74) is 2.73. The molecule has 0 amide bonds. The van der Waals surface area contributed by atoms with E-state index in [4.69, 9.17) is 0 Å². The summed E-state index contributed by atoms with van der Waals surface area (Å²) < 4.78 is 0. The fourth-order valence-electron chi connectivity index (χ4n) is 3.15. The van der Waals surface area contributed by atoms with E-state index in [9.17, 15) is 5.11 Å². The maximum Gasteiger partial charge on any atom is 0.115 e. The third-order valence-electron chi connectivity index (χ3n) is 4.40. The van der Waals surface area contributed by atoms with Crippen LogP contribution in [-0.2, 0) is 6.42 Å². The number of nitrogens with one attached hydrogen (secondary N) is 1. The summed E-state index contributed by atoms with van der Waals surface area (Å²) in [5.74, 6) is 1.19. The average molecular weight is 261 g/mol. The predicted octanol–water partition coefficient (Wildman–Crippen LogP) is 4.19. The van der Waals surface area contributed by atoms with Crippen molar-refractivity contribution in [1.29, 1.82) is 0 Å². The summed E-state index contributed by atoms with van der Waals surface area (Å²) in [6.45, 7) is 5.62. The second kappa shape index (κ2) is 6.95. The number of unbranched alkanes of at least 4 members (excludes halogenated alkanes) is 1. The highest BCUT2D eigenvalue weighted by molar-refractivity contribution is 5.38. The number of rotatable bonds is 6. The Morgan fingerprint density at radius 1 is 1.37 bits per heavy atom. The van der Waals surface area contributed by atoms with Gasteiger partial charge in [0.25, 0.3) is 0 Å². The molecule has 2 unspecified atom stereocenters. The number of benzene rings is 1. The smallest absolute Gasteiger partial charge is 0.115 e. The van der Waals surface area contributed by atoms with Gasteiger partial charge in [0, 0.05) is 6.04 Å². The standard InChI is InChI=1S/C17H27NO/c1-3-5-6-13(4-2)11-17-16-12-15(19)8-7-14(16)9-10-18-17/h7-8,12-13,17-19H,3-6,9-11H2,1-2H3. The molecule has 0 saturated heterocycles. The van der Waals surface area contributed by atoms with Crippen molar-refractivity contribution in [3.05, 3.63) is 29.3 Å². The number of aromatic hydroxyl groups is 1. The maximum atomic E-state index is 9.71. The van der Waals surface area contributed by atoms with Crippen LogP contribution in [0.25, 0.3) is 0 Å². The van der Waals surface area contributed by atoms with E-state index in [0.29, 0.717) is 11.8 Å². The summed E-state index contributed by atoms with van der Waals surface area (Å²) in [7, 11) is 0. The van der Waals surface area contributed by atoms with Crippen LogP contribution in [0.15, 0.2) is 18.2 Å². The lowest BCUT2D eigenvalue weighted by molar-refractivity contribution is 0.344. The summed E-state index contributed by atoms with van der Waals surface area (Å²) in [5, 5.41) is 13.3. The molecule has 0 radical (unpaired) electrons. The lowest BCUT2D eigenvalue weighted by Gasteiger charge is -2.30. The van der Waals surface area contributed by atoms with Gasteiger partial charge in [0.05, 0.1) is 0 Å². The van der Waals surface area contributed by atoms with Gasteiger partial charge in [-0.25, -0.2) is 0 Å². The minimum absolute atomic E-state index is 0.397. The van der Waals surface area contributed by atoms with E-state index < -0.39 is 0 Å². The molecule has 1 aromatic rings. The molecule has 0 fully saturated rings. The molecule has 1 heterocycles. The van der Waals surface area contributed by atoms with Gasteiger partial charge in [-0.05, 0) is 48.6 Å². The molecular formula is C17H27NO. The molecule has 2 atom stereocenters. The molecule has 106 valence electrons. The first-order chi connectivity index (χ1) is 9.24. The first-order valence-electron chi connectivity index (χ1n) is 7.79. The van der Waals surface area contributed by atoms with Gasteiger partial charge in [0.15, 0.2) is 0 Å². The van der Waals surface area contributed by atoms with Crippen LogP contribution in [-0.4, -0.2) is 11.7 Å². The van der Waals surface area contributed by atoms with Crippen molar-refractivity contribution in [1.82, 2.24) is 5.32 Å².